The Balaban J connectivity index is 1.88. The summed E-state index contributed by atoms with van der Waals surface area (Å²) in [5.74, 6) is 0. The lowest BCUT2D eigenvalue weighted by Gasteiger charge is -2.39. The molecule has 0 spiro atoms. The molecule has 176 valence electrons. The van der Waals surface area contributed by atoms with E-state index in [1.807, 2.05) is 13.1 Å². The van der Waals surface area contributed by atoms with Crippen molar-refractivity contribution >= 4 is 0 Å². The Morgan fingerprint density at radius 3 is 1.80 bits per heavy atom. The molecule has 30 heavy (non-hydrogen) atoms. The SMILES string of the molecule is CCCCCCCCCCCCCC/C=C/CCCCC1NC=C[N+]1(CC)C(C)O. The van der Waals surface area contributed by atoms with Crippen LogP contribution in [0.4, 0.5) is 0 Å². The van der Waals surface area contributed by atoms with Gasteiger partial charge in [-0.1, -0.05) is 89.7 Å². The van der Waals surface area contributed by atoms with E-state index in [1.54, 1.807) is 0 Å². The van der Waals surface area contributed by atoms with Gasteiger partial charge in [0.05, 0.1) is 12.7 Å². The summed E-state index contributed by atoms with van der Waals surface area (Å²) in [5.41, 5.74) is 0. The van der Waals surface area contributed by atoms with Crippen LogP contribution in [0.25, 0.3) is 0 Å². The van der Waals surface area contributed by atoms with Crippen LogP contribution in [0.2, 0.25) is 0 Å². The Labute approximate surface area is 188 Å². The van der Waals surface area contributed by atoms with E-state index in [2.05, 4.69) is 37.5 Å². The van der Waals surface area contributed by atoms with Crippen molar-refractivity contribution in [1.82, 2.24) is 5.32 Å². The monoisotopic (exact) mass is 421 g/mol. The molecule has 0 saturated carbocycles. The van der Waals surface area contributed by atoms with E-state index >= 15 is 0 Å². The molecule has 2 N–H and O–H groups in total. The molecule has 1 aliphatic rings. The van der Waals surface area contributed by atoms with Gasteiger partial charge in [0.2, 0.25) is 0 Å². The molecule has 1 heterocycles. The van der Waals surface area contributed by atoms with Crippen LogP contribution in [0.1, 0.15) is 130 Å². The molecule has 0 saturated heterocycles. The van der Waals surface area contributed by atoms with E-state index in [9.17, 15) is 5.11 Å². The Morgan fingerprint density at radius 2 is 1.30 bits per heavy atom. The molecule has 0 aromatic carbocycles. The number of quaternary nitrogens is 1. The number of nitrogens with zero attached hydrogens (tertiary/aromatic N) is 1. The molecular weight excluding hydrogens is 368 g/mol. The number of hydrogen-bond donors (Lipinski definition) is 2. The molecule has 1 rings (SSSR count). The first kappa shape index (κ1) is 27.2. The summed E-state index contributed by atoms with van der Waals surface area (Å²) >= 11 is 0. The van der Waals surface area contributed by atoms with E-state index in [0.717, 1.165) is 13.0 Å². The van der Waals surface area contributed by atoms with Gasteiger partial charge in [-0.05, 0) is 39.0 Å². The normalized spacial score (nSPS) is 22.1. The maximum absolute atomic E-state index is 10.2. The molecule has 0 bridgehead atoms. The number of hydrogen-bond acceptors (Lipinski definition) is 2. The Kier molecular flexibility index (Phi) is 16.2. The molecule has 0 amide bonds. The van der Waals surface area contributed by atoms with Crippen molar-refractivity contribution in [2.45, 2.75) is 142 Å². The molecule has 0 aliphatic carbocycles. The third-order valence-electron chi connectivity index (χ3n) is 6.95. The number of nitrogens with one attached hydrogen (secondary N) is 1. The van der Waals surface area contributed by atoms with Gasteiger partial charge in [0.15, 0.2) is 12.4 Å². The molecule has 3 unspecified atom stereocenters. The summed E-state index contributed by atoms with van der Waals surface area (Å²) in [5, 5.41) is 13.6. The van der Waals surface area contributed by atoms with E-state index in [0.29, 0.717) is 10.6 Å². The molecule has 3 nitrogen and oxygen atoms in total. The Hall–Kier alpha value is -0.800. The van der Waals surface area contributed by atoms with E-state index in [-0.39, 0.29) is 6.23 Å². The van der Waals surface area contributed by atoms with Crippen LogP contribution in [0.3, 0.4) is 0 Å². The second-order valence-corrected chi connectivity index (χ2v) is 9.37. The third kappa shape index (κ3) is 11.0. The fourth-order valence-electron chi connectivity index (χ4n) is 4.77. The van der Waals surface area contributed by atoms with Gasteiger partial charge in [-0.3, -0.25) is 4.48 Å². The minimum Gasteiger partial charge on any atom is -0.345 e. The predicted octanol–water partition coefficient (Wildman–Crippen LogP) is 7.77. The van der Waals surface area contributed by atoms with Gasteiger partial charge in [-0.15, -0.1) is 0 Å². The van der Waals surface area contributed by atoms with Crippen molar-refractivity contribution in [2.75, 3.05) is 6.54 Å². The zero-order valence-electron chi connectivity index (χ0n) is 20.6. The van der Waals surface area contributed by atoms with Gasteiger partial charge in [-0.2, -0.15) is 0 Å². The minimum absolute atomic E-state index is 0.333. The predicted molar refractivity (Wildman–Crippen MR) is 132 cm³/mol. The summed E-state index contributed by atoms with van der Waals surface area (Å²) in [7, 11) is 0. The highest BCUT2D eigenvalue weighted by Gasteiger charge is 2.40. The standard InChI is InChI=1S/C27H53N2O/c1-4-6-7-8-9-10-11-12-13-14-15-16-17-18-19-20-21-22-23-27-28-24-25-29(27,5-2)26(3)30/h18-19,24-28,30H,4-17,20-23H2,1-3H3/q+1/b19-18+. The van der Waals surface area contributed by atoms with Crippen LogP contribution < -0.4 is 5.32 Å². The number of aliphatic hydroxyl groups is 1. The van der Waals surface area contributed by atoms with Crippen LogP contribution in [-0.4, -0.2) is 28.5 Å². The molecule has 1 aliphatic heterocycles. The third-order valence-corrected chi connectivity index (χ3v) is 6.95. The van der Waals surface area contributed by atoms with Gasteiger partial charge < -0.3 is 10.4 Å². The largest absolute Gasteiger partial charge is 0.345 e. The summed E-state index contributed by atoms with van der Waals surface area (Å²) in [4.78, 5) is 0. The number of aliphatic hydroxyl groups excluding tert-OH is 1. The summed E-state index contributed by atoms with van der Waals surface area (Å²) in [6.45, 7) is 7.30. The summed E-state index contributed by atoms with van der Waals surface area (Å²) < 4.78 is 0.662. The van der Waals surface area contributed by atoms with Crippen molar-refractivity contribution in [3.63, 3.8) is 0 Å². The average Bonchev–Trinajstić information content (AvgIpc) is 3.17. The molecule has 0 aromatic heterocycles. The lowest BCUT2D eigenvalue weighted by Crippen LogP contribution is -2.57. The molecule has 3 atom stereocenters. The van der Waals surface area contributed by atoms with Crippen molar-refractivity contribution in [3.05, 3.63) is 24.6 Å². The topological polar surface area (TPSA) is 32.3 Å². The molecule has 0 aromatic rings. The fraction of sp³-hybridized carbons (Fsp3) is 0.852. The fourth-order valence-corrected chi connectivity index (χ4v) is 4.77. The Morgan fingerprint density at radius 1 is 0.800 bits per heavy atom. The second-order valence-electron chi connectivity index (χ2n) is 9.37. The van der Waals surface area contributed by atoms with Crippen LogP contribution in [0.5, 0.6) is 0 Å². The lowest BCUT2D eigenvalue weighted by atomic mass is 10.0. The van der Waals surface area contributed by atoms with Crippen LogP contribution >= 0.6 is 0 Å². The van der Waals surface area contributed by atoms with Gasteiger partial charge in [0, 0.05) is 13.3 Å². The van der Waals surface area contributed by atoms with Gasteiger partial charge in [0.25, 0.3) is 0 Å². The maximum atomic E-state index is 10.2. The van der Waals surface area contributed by atoms with E-state index < -0.39 is 0 Å². The molecule has 3 heteroatoms. The van der Waals surface area contributed by atoms with Crippen LogP contribution in [0.15, 0.2) is 24.6 Å². The highest BCUT2D eigenvalue weighted by Crippen LogP contribution is 2.25. The first-order chi connectivity index (χ1) is 14.7. The zero-order chi connectivity index (χ0) is 21.9. The van der Waals surface area contributed by atoms with Gasteiger partial charge >= 0.3 is 0 Å². The molecule has 0 fully saturated rings. The first-order valence-corrected chi connectivity index (χ1v) is 13.3. The number of rotatable bonds is 20. The van der Waals surface area contributed by atoms with Crippen molar-refractivity contribution < 1.29 is 9.59 Å². The first-order valence-electron chi connectivity index (χ1n) is 13.3. The minimum atomic E-state index is -0.346. The molecule has 0 radical (unpaired) electrons. The number of unbranched alkanes of at least 4 members (excludes halogenated alkanes) is 14. The average molecular weight is 422 g/mol. The van der Waals surface area contributed by atoms with Crippen LogP contribution in [-0.2, 0) is 0 Å². The quantitative estimate of drug-likeness (QED) is 0.119. The Bertz CT molecular complexity index is 446. The van der Waals surface area contributed by atoms with Crippen molar-refractivity contribution in [2.24, 2.45) is 0 Å². The maximum Gasteiger partial charge on any atom is 0.193 e. The van der Waals surface area contributed by atoms with E-state index in [4.69, 9.17) is 0 Å². The van der Waals surface area contributed by atoms with Gasteiger partial charge in [-0.25, -0.2) is 0 Å². The lowest BCUT2D eigenvalue weighted by molar-refractivity contribution is -0.942. The van der Waals surface area contributed by atoms with Crippen LogP contribution in [0, 0.1) is 0 Å². The van der Waals surface area contributed by atoms with Crippen molar-refractivity contribution in [3.8, 4) is 0 Å². The number of allylic oxidation sites excluding steroid dienone is 2. The highest BCUT2D eigenvalue weighted by molar-refractivity contribution is 4.85. The highest BCUT2D eigenvalue weighted by atomic mass is 16.3. The second kappa shape index (κ2) is 17.8. The van der Waals surface area contributed by atoms with E-state index in [1.165, 1.54) is 103 Å². The smallest absolute Gasteiger partial charge is 0.193 e. The van der Waals surface area contributed by atoms with Gasteiger partial charge in [0.1, 0.15) is 6.20 Å². The summed E-state index contributed by atoms with van der Waals surface area (Å²) in [6.07, 6.45) is 32.1. The zero-order valence-corrected chi connectivity index (χ0v) is 20.6. The summed E-state index contributed by atoms with van der Waals surface area (Å²) in [6, 6.07) is 0. The molecular formula is C27H53N2O+. The van der Waals surface area contributed by atoms with Crippen molar-refractivity contribution in [1.29, 1.82) is 0 Å².